The number of benzene rings is 1. The van der Waals surface area contributed by atoms with Crippen LogP contribution in [-0.4, -0.2) is 16.8 Å². The Bertz CT molecular complexity index is 510. The molecule has 4 heteroatoms. The number of nitrogens with zero attached hydrogens (tertiary/aromatic N) is 1. The van der Waals surface area contributed by atoms with Crippen LogP contribution < -0.4 is 10.1 Å². The Morgan fingerprint density at radius 2 is 2.28 bits per heavy atom. The lowest BCUT2D eigenvalue weighted by molar-refractivity contribution is 0.245. The van der Waals surface area contributed by atoms with E-state index < -0.39 is 0 Å². The Morgan fingerprint density at radius 1 is 1.39 bits per heavy atom. The summed E-state index contributed by atoms with van der Waals surface area (Å²) in [7, 11) is 0. The first-order chi connectivity index (χ1) is 8.84. The number of hydrogen-bond donors (Lipinski definition) is 2. The van der Waals surface area contributed by atoms with Crippen LogP contribution in [0.2, 0.25) is 0 Å². The van der Waals surface area contributed by atoms with Crippen molar-refractivity contribution in [2.45, 2.75) is 25.4 Å². The first-order valence-corrected chi connectivity index (χ1v) is 6.31. The fourth-order valence-electron chi connectivity index (χ4n) is 2.41. The molecule has 0 fully saturated rings. The van der Waals surface area contributed by atoms with Gasteiger partial charge in [-0.05, 0) is 19.1 Å². The van der Waals surface area contributed by atoms with Crippen LogP contribution in [0.4, 0.5) is 0 Å². The van der Waals surface area contributed by atoms with Gasteiger partial charge >= 0.3 is 0 Å². The predicted molar refractivity (Wildman–Crippen MR) is 69.4 cm³/mol. The van der Waals surface area contributed by atoms with Gasteiger partial charge in [0.2, 0.25) is 0 Å². The molecule has 2 atom stereocenters. The van der Waals surface area contributed by atoms with Crippen LogP contribution in [0.5, 0.6) is 5.75 Å². The molecule has 1 aromatic carbocycles. The van der Waals surface area contributed by atoms with E-state index in [1.807, 2.05) is 18.2 Å². The van der Waals surface area contributed by atoms with E-state index in [0.29, 0.717) is 6.04 Å². The van der Waals surface area contributed by atoms with Crippen molar-refractivity contribution in [3.8, 4) is 5.75 Å². The smallest absolute Gasteiger partial charge is 0.124 e. The third-order valence-electron chi connectivity index (χ3n) is 3.40. The van der Waals surface area contributed by atoms with E-state index >= 15 is 0 Å². The maximum absolute atomic E-state index is 5.67. The van der Waals surface area contributed by atoms with E-state index in [1.54, 1.807) is 6.20 Å². The summed E-state index contributed by atoms with van der Waals surface area (Å²) in [5.41, 5.74) is 2.36. The van der Waals surface area contributed by atoms with Crippen molar-refractivity contribution in [3.05, 3.63) is 47.8 Å². The second kappa shape index (κ2) is 4.82. The Morgan fingerprint density at radius 3 is 3.11 bits per heavy atom. The molecule has 0 saturated heterocycles. The van der Waals surface area contributed by atoms with Gasteiger partial charge in [-0.25, -0.2) is 0 Å². The molecule has 1 aliphatic rings. The third kappa shape index (κ3) is 2.11. The second-order valence-electron chi connectivity index (χ2n) is 4.63. The maximum atomic E-state index is 5.67. The van der Waals surface area contributed by atoms with Gasteiger partial charge in [0.15, 0.2) is 0 Å². The molecule has 18 heavy (non-hydrogen) atoms. The Hall–Kier alpha value is -1.81. The summed E-state index contributed by atoms with van der Waals surface area (Å²) in [6, 6.07) is 10.8. The van der Waals surface area contributed by atoms with Crippen LogP contribution in [-0.2, 0) is 0 Å². The molecule has 1 aliphatic heterocycles. The number of para-hydroxylation sites is 1. The number of nitrogens with one attached hydrogen (secondary N) is 2. The number of aromatic amines is 1. The lowest BCUT2D eigenvalue weighted by atomic mass is 9.99. The zero-order chi connectivity index (χ0) is 12.4. The van der Waals surface area contributed by atoms with Gasteiger partial charge in [0.25, 0.3) is 0 Å². The molecule has 94 valence electrons. The molecule has 0 spiro atoms. The van der Waals surface area contributed by atoms with Crippen molar-refractivity contribution in [2.75, 3.05) is 6.61 Å². The first kappa shape index (κ1) is 11.3. The summed E-state index contributed by atoms with van der Waals surface area (Å²) in [6.07, 6.45) is 2.78. The number of aromatic nitrogens is 2. The van der Waals surface area contributed by atoms with E-state index in [4.69, 9.17) is 4.74 Å². The molecule has 2 unspecified atom stereocenters. The van der Waals surface area contributed by atoms with Gasteiger partial charge in [-0.3, -0.25) is 5.10 Å². The van der Waals surface area contributed by atoms with Crippen molar-refractivity contribution in [3.63, 3.8) is 0 Å². The fraction of sp³-hybridized carbons (Fsp3) is 0.357. The summed E-state index contributed by atoms with van der Waals surface area (Å²) >= 11 is 0. The molecule has 0 aliphatic carbocycles. The van der Waals surface area contributed by atoms with E-state index in [-0.39, 0.29) is 6.04 Å². The van der Waals surface area contributed by atoms with Gasteiger partial charge < -0.3 is 10.1 Å². The van der Waals surface area contributed by atoms with Crippen molar-refractivity contribution in [2.24, 2.45) is 0 Å². The number of rotatable bonds is 3. The molecular formula is C14H17N3O. The minimum absolute atomic E-state index is 0.253. The lowest BCUT2D eigenvalue weighted by Crippen LogP contribution is -2.29. The van der Waals surface area contributed by atoms with Gasteiger partial charge in [0, 0.05) is 30.3 Å². The van der Waals surface area contributed by atoms with E-state index in [9.17, 15) is 0 Å². The third-order valence-corrected chi connectivity index (χ3v) is 3.40. The van der Waals surface area contributed by atoms with Gasteiger partial charge in [-0.1, -0.05) is 18.2 Å². The molecule has 0 amide bonds. The van der Waals surface area contributed by atoms with Crippen LogP contribution >= 0.6 is 0 Å². The van der Waals surface area contributed by atoms with Crippen LogP contribution in [0.15, 0.2) is 36.5 Å². The molecular weight excluding hydrogens is 226 g/mol. The first-order valence-electron chi connectivity index (χ1n) is 6.31. The predicted octanol–water partition coefficient (Wildman–Crippen LogP) is 2.58. The van der Waals surface area contributed by atoms with Gasteiger partial charge in [-0.2, -0.15) is 5.10 Å². The fourth-order valence-corrected chi connectivity index (χ4v) is 2.41. The Kier molecular flexibility index (Phi) is 3.02. The Labute approximate surface area is 106 Å². The summed E-state index contributed by atoms with van der Waals surface area (Å²) in [6.45, 7) is 2.91. The average molecular weight is 243 g/mol. The summed E-state index contributed by atoms with van der Waals surface area (Å²) in [4.78, 5) is 0. The van der Waals surface area contributed by atoms with Crippen molar-refractivity contribution in [1.82, 2.24) is 15.5 Å². The largest absolute Gasteiger partial charge is 0.493 e. The highest BCUT2D eigenvalue weighted by molar-refractivity contribution is 5.37. The lowest BCUT2D eigenvalue weighted by Gasteiger charge is -2.29. The summed E-state index contributed by atoms with van der Waals surface area (Å²) in [5.74, 6) is 0.998. The molecule has 4 nitrogen and oxygen atoms in total. The highest BCUT2D eigenvalue weighted by Crippen LogP contribution is 2.32. The molecule has 0 saturated carbocycles. The van der Waals surface area contributed by atoms with Crippen LogP contribution in [0.25, 0.3) is 0 Å². The molecule has 2 aromatic rings. The highest BCUT2D eigenvalue weighted by Gasteiger charge is 2.22. The van der Waals surface area contributed by atoms with Crippen molar-refractivity contribution in [1.29, 1.82) is 0 Å². The van der Waals surface area contributed by atoms with E-state index in [0.717, 1.165) is 24.5 Å². The minimum Gasteiger partial charge on any atom is -0.493 e. The van der Waals surface area contributed by atoms with Crippen LogP contribution in [0.3, 0.4) is 0 Å². The standard InChI is InChI=1S/C14H17N3O/c1-10(12-6-8-15-17-12)16-13-7-9-18-14-5-3-2-4-11(13)14/h2-6,8,10,13,16H,7,9H2,1H3,(H,15,17). The van der Waals surface area contributed by atoms with E-state index in [2.05, 4.69) is 34.6 Å². The summed E-state index contributed by atoms with van der Waals surface area (Å²) in [5, 5.41) is 10.6. The molecule has 0 radical (unpaired) electrons. The number of H-pyrrole nitrogens is 1. The highest BCUT2D eigenvalue weighted by atomic mass is 16.5. The zero-order valence-corrected chi connectivity index (χ0v) is 10.4. The molecule has 1 aromatic heterocycles. The molecule has 3 rings (SSSR count). The molecule has 2 heterocycles. The average Bonchev–Trinajstić information content (AvgIpc) is 2.93. The Balaban J connectivity index is 1.78. The molecule has 0 bridgehead atoms. The maximum Gasteiger partial charge on any atom is 0.124 e. The number of fused-ring (bicyclic) bond motifs is 1. The number of ether oxygens (including phenoxy) is 1. The van der Waals surface area contributed by atoms with E-state index in [1.165, 1.54) is 5.56 Å². The van der Waals surface area contributed by atoms with Crippen molar-refractivity contribution >= 4 is 0 Å². The van der Waals surface area contributed by atoms with Crippen LogP contribution in [0.1, 0.15) is 36.7 Å². The SMILES string of the molecule is CC(NC1CCOc2ccccc21)c1ccn[nH]1. The normalized spacial score (nSPS) is 19.9. The monoisotopic (exact) mass is 243 g/mol. The van der Waals surface area contributed by atoms with Gasteiger partial charge in [0.1, 0.15) is 5.75 Å². The quantitative estimate of drug-likeness (QED) is 0.871. The van der Waals surface area contributed by atoms with Crippen molar-refractivity contribution < 1.29 is 4.74 Å². The van der Waals surface area contributed by atoms with Crippen LogP contribution in [0, 0.1) is 0 Å². The molecule has 2 N–H and O–H groups in total. The summed E-state index contributed by atoms with van der Waals surface area (Å²) < 4.78 is 5.67. The zero-order valence-electron chi connectivity index (χ0n) is 10.4. The second-order valence-corrected chi connectivity index (χ2v) is 4.63. The number of hydrogen-bond acceptors (Lipinski definition) is 3. The topological polar surface area (TPSA) is 49.9 Å². The van der Waals surface area contributed by atoms with Gasteiger partial charge in [-0.15, -0.1) is 0 Å². The minimum atomic E-state index is 0.253. The van der Waals surface area contributed by atoms with Gasteiger partial charge in [0.05, 0.1) is 12.3 Å².